The summed E-state index contributed by atoms with van der Waals surface area (Å²) in [6, 6.07) is 4.17. The first-order valence-electron chi connectivity index (χ1n) is 5.92. The molecule has 1 aromatic heterocycles. The number of aliphatic hydroxyl groups is 1. The summed E-state index contributed by atoms with van der Waals surface area (Å²) >= 11 is 0. The average molecular weight is 206 g/mol. The second kappa shape index (κ2) is 2.88. The molecule has 2 aliphatic rings. The van der Waals surface area contributed by atoms with Gasteiger partial charge in [-0.2, -0.15) is 0 Å². The molecule has 0 saturated heterocycles. The van der Waals surface area contributed by atoms with Crippen molar-refractivity contribution in [2.75, 3.05) is 0 Å². The summed E-state index contributed by atoms with van der Waals surface area (Å²) in [6.07, 6.45) is 3.11. The maximum absolute atomic E-state index is 9.75. The van der Waals surface area contributed by atoms with Crippen LogP contribution < -0.4 is 0 Å². The van der Waals surface area contributed by atoms with E-state index in [0.29, 0.717) is 5.92 Å². The molecule has 15 heavy (non-hydrogen) atoms. The highest BCUT2D eigenvalue weighted by atomic mass is 16.3. The van der Waals surface area contributed by atoms with Gasteiger partial charge in [0.05, 0.1) is 11.5 Å². The zero-order valence-corrected chi connectivity index (χ0v) is 9.36. The molecule has 1 aromatic rings. The molecule has 3 unspecified atom stereocenters. The Morgan fingerprint density at radius 1 is 1.47 bits per heavy atom. The van der Waals surface area contributed by atoms with Crippen LogP contribution in [0.2, 0.25) is 0 Å². The Morgan fingerprint density at radius 3 is 2.60 bits per heavy atom. The fraction of sp³-hybridized carbons (Fsp3) is 0.692. The van der Waals surface area contributed by atoms with E-state index in [1.165, 1.54) is 6.42 Å². The number of hydrogen-bond donors (Lipinski definition) is 1. The maximum Gasteiger partial charge on any atom is 0.112 e. The van der Waals surface area contributed by atoms with E-state index >= 15 is 0 Å². The molecule has 0 aromatic carbocycles. The topological polar surface area (TPSA) is 33.4 Å². The Labute approximate surface area is 90.3 Å². The van der Waals surface area contributed by atoms with Crippen LogP contribution in [-0.4, -0.2) is 11.2 Å². The largest absolute Gasteiger partial charge is 0.465 e. The maximum atomic E-state index is 9.75. The van der Waals surface area contributed by atoms with E-state index in [1.807, 2.05) is 6.92 Å². The third-order valence-electron chi connectivity index (χ3n) is 4.18. The van der Waals surface area contributed by atoms with Crippen molar-refractivity contribution in [2.24, 2.45) is 5.92 Å². The lowest BCUT2D eigenvalue weighted by molar-refractivity contribution is 0.137. The molecule has 3 rings (SSSR count). The van der Waals surface area contributed by atoms with E-state index in [2.05, 4.69) is 19.1 Å². The lowest BCUT2D eigenvalue weighted by atomic mass is 9.98. The molecule has 2 saturated carbocycles. The predicted molar refractivity (Wildman–Crippen MR) is 57.8 cm³/mol. The number of aliphatic hydroxyl groups excluding tert-OH is 1. The average Bonchev–Trinajstić information content (AvgIpc) is 3.08. The van der Waals surface area contributed by atoms with Crippen molar-refractivity contribution in [3.63, 3.8) is 0 Å². The van der Waals surface area contributed by atoms with Gasteiger partial charge in [0.1, 0.15) is 11.5 Å². The Bertz CT molecular complexity index is 374. The predicted octanol–water partition coefficient (Wildman–Crippen LogP) is 2.82. The zero-order valence-electron chi connectivity index (χ0n) is 9.36. The van der Waals surface area contributed by atoms with Crippen LogP contribution in [-0.2, 0) is 5.41 Å². The van der Waals surface area contributed by atoms with Gasteiger partial charge in [-0.15, -0.1) is 0 Å². The smallest absolute Gasteiger partial charge is 0.112 e. The van der Waals surface area contributed by atoms with Crippen LogP contribution in [0.5, 0.6) is 0 Å². The fourth-order valence-corrected chi connectivity index (χ4v) is 2.54. The summed E-state index contributed by atoms with van der Waals surface area (Å²) in [5.74, 6) is 3.56. The van der Waals surface area contributed by atoms with Gasteiger partial charge in [0.15, 0.2) is 0 Å². The number of rotatable bonds is 3. The Kier molecular flexibility index (Phi) is 1.82. The van der Waals surface area contributed by atoms with Crippen molar-refractivity contribution < 1.29 is 9.52 Å². The van der Waals surface area contributed by atoms with Gasteiger partial charge in [0, 0.05) is 5.92 Å². The van der Waals surface area contributed by atoms with E-state index in [9.17, 15) is 5.11 Å². The zero-order chi connectivity index (χ0) is 10.6. The number of hydrogen-bond acceptors (Lipinski definition) is 2. The summed E-state index contributed by atoms with van der Waals surface area (Å²) in [5, 5.41) is 9.75. The first kappa shape index (κ1) is 9.46. The quantitative estimate of drug-likeness (QED) is 0.825. The van der Waals surface area contributed by atoms with Gasteiger partial charge >= 0.3 is 0 Å². The molecule has 2 heteroatoms. The van der Waals surface area contributed by atoms with Crippen molar-refractivity contribution >= 4 is 0 Å². The van der Waals surface area contributed by atoms with Crippen LogP contribution in [0.1, 0.15) is 50.5 Å². The molecule has 0 aliphatic heterocycles. The highest BCUT2D eigenvalue weighted by Crippen LogP contribution is 2.54. The first-order valence-corrected chi connectivity index (χ1v) is 5.92. The monoisotopic (exact) mass is 206 g/mol. The molecular formula is C13H18O2. The van der Waals surface area contributed by atoms with Gasteiger partial charge in [-0.05, 0) is 44.2 Å². The second-order valence-corrected chi connectivity index (χ2v) is 5.35. The minimum absolute atomic E-state index is 0.0453. The van der Waals surface area contributed by atoms with Crippen molar-refractivity contribution in [1.82, 2.24) is 0 Å². The summed E-state index contributed by atoms with van der Waals surface area (Å²) in [4.78, 5) is 0. The molecule has 2 fully saturated rings. The van der Waals surface area contributed by atoms with Crippen LogP contribution in [0.25, 0.3) is 0 Å². The molecule has 0 spiro atoms. The van der Waals surface area contributed by atoms with E-state index in [1.54, 1.807) is 0 Å². The molecule has 2 aliphatic carbocycles. The fourth-order valence-electron chi connectivity index (χ4n) is 2.54. The Morgan fingerprint density at radius 2 is 2.13 bits per heavy atom. The van der Waals surface area contributed by atoms with Crippen molar-refractivity contribution in [2.45, 2.75) is 50.5 Å². The van der Waals surface area contributed by atoms with Gasteiger partial charge in [-0.3, -0.25) is 0 Å². The molecule has 82 valence electrons. The van der Waals surface area contributed by atoms with E-state index in [4.69, 9.17) is 4.42 Å². The number of furan rings is 1. The van der Waals surface area contributed by atoms with E-state index in [-0.39, 0.29) is 11.5 Å². The molecule has 1 N–H and O–H groups in total. The van der Waals surface area contributed by atoms with E-state index in [0.717, 1.165) is 30.3 Å². The third-order valence-corrected chi connectivity index (χ3v) is 4.18. The summed E-state index contributed by atoms with van der Waals surface area (Å²) in [6.45, 7) is 4.13. The minimum Gasteiger partial charge on any atom is -0.465 e. The summed E-state index contributed by atoms with van der Waals surface area (Å²) in [5.41, 5.74) is -0.0453. The van der Waals surface area contributed by atoms with Gasteiger partial charge in [0.2, 0.25) is 0 Å². The molecule has 3 atom stereocenters. The minimum atomic E-state index is -0.284. The molecule has 2 nitrogen and oxygen atoms in total. The van der Waals surface area contributed by atoms with Crippen molar-refractivity contribution in [3.05, 3.63) is 23.7 Å². The standard InChI is InChI=1S/C13H18O2/c1-8-7-10(8)11-3-4-12(15-11)13(5-6-13)9(2)14/h3-4,8-10,14H,5-7H2,1-2H3. The van der Waals surface area contributed by atoms with E-state index < -0.39 is 0 Å². The van der Waals surface area contributed by atoms with Crippen LogP contribution in [0.3, 0.4) is 0 Å². The highest BCUT2D eigenvalue weighted by molar-refractivity contribution is 5.28. The third kappa shape index (κ3) is 1.35. The summed E-state index contributed by atoms with van der Waals surface area (Å²) < 4.78 is 5.91. The molecule has 0 amide bonds. The van der Waals surface area contributed by atoms with Crippen LogP contribution in [0.15, 0.2) is 16.5 Å². The normalized spacial score (nSPS) is 33.8. The second-order valence-electron chi connectivity index (χ2n) is 5.35. The lowest BCUT2D eigenvalue weighted by Crippen LogP contribution is -2.21. The van der Waals surface area contributed by atoms with Gasteiger partial charge in [-0.25, -0.2) is 0 Å². The lowest BCUT2D eigenvalue weighted by Gasteiger charge is -2.15. The summed E-state index contributed by atoms with van der Waals surface area (Å²) in [7, 11) is 0. The molecule has 0 radical (unpaired) electrons. The Hall–Kier alpha value is -0.760. The molecule has 1 heterocycles. The van der Waals surface area contributed by atoms with Crippen LogP contribution in [0.4, 0.5) is 0 Å². The van der Waals surface area contributed by atoms with Gasteiger partial charge < -0.3 is 9.52 Å². The first-order chi connectivity index (χ1) is 7.13. The van der Waals surface area contributed by atoms with Crippen molar-refractivity contribution in [3.8, 4) is 0 Å². The molecular weight excluding hydrogens is 188 g/mol. The highest BCUT2D eigenvalue weighted by Gasteiger charge is 2.51. The van der Waals surface area contributed by atoms with Crippen LogP contribution >= 0.6 is 0 Å². The SMILES string of the molecule is CC1CC1c1ccc(C2(C(C)O)CC2)o1. The van der Waals surface area contributed by atoms with Crippen LogP contribution in [0, 0.1) is 5.92 Å². The van der Waals surface area contributed by atoms with Crippen molar-refractivity contribution in [1.29, 1.82) is 0 Å². The Balaban J connectivity index is 1.85. The molecule has 0 bridgehead atoms. The van der Waals surface area contributed by atoms with Gasteiger partial charge in [-0.1, -0.05) is 6.92 Å². The van der Waals surface area contributed by atoms with Gasteiger partial charge in [0.25, 0.3) is 0 Å².